The summed E-state index contributed by atoms with van der Waals surface area (Å²) in [5, 5.41) is 5.71. The van der Waals surface area contributed by atoms with Gasteiger partial charge < -0.3 is 10.6 Å². The molecular formula is C20H18FN3O. The fraction of sp³-hybridized carbons (Fsp3) is 0.100. The molecule has 1 atom stereocenters. The van der Waals surface area contributed by atoms with Crippen LogP contribution >= 0.6 is 0 Å². The van der Waals surface area contributed by atoms with E-state index < -0.39 is 6.04 Å². The Labute approximate surface area is 145 Å². The van der Waals surface area contributed by atoms with Crippen molar-refractivity contribution in [3.05, 3.63) is 102 Å². The van der Waals surface area contributed by atoms with Crippen LogP contribution in [-0.2, 0) is 6.54 Å². The molecule has 0 saturated carbocycles. The van der Waals surface area contributed by atoms with Gasteiger partial charge in [0.25, 0.3) is 0 Å². The van der Waals surface area contributed by atoms with Gasteiger partial charge in [0.05, 0.1) is 6.04 Å². The van der Waals surface area contributed by atoms with Crippen molar-refractivity contribution >= 4 is 6.03 Å². The third-order valence-electron chi connectivity index (χ3n) is 3.77. The van der Waals surface area contributed by atoms with Crippen molar-refractivity contribution in [3.8, 4) is 0 Å². The standard InChI is InChI=1S/C20H18FN3O/c21-18-10-4-9-17(12-18)19(16-7-2-1-3-8-16)24-20(25)23-14-15-6-5-11-22-13-15/h1-13,19H,14H2,(H2,23,24,25)/t19-/m0/s1. The van der Waals surface area contributed by atoms with Crippen LogP contribution in [0.4, 0.5) is 9.18 Å². The lowest BCUT2D eigenvalue weighted by molar-refractivity contribution is 0.238. The number of nitrogens with zero attached hydrogens (tertiary/aromatic N) is 1. The van der Waals surface area contributed by atoms with Crippen LogP contribution in [0.1, 0.15) is 22.7 Å². The summed E-state index contributed by atoms with van der Waals surface area (Å²) in [5.74, 6) is -0.337. The lowest BCUT2D eigenvalue weighted by Crippen LogP contribution is -2.38. The van der Waals surface area contributed by atoms with E-state index in [1.807, 2.05) is 42.5 Å². The quantitative estimate of drug-likeness (QED) is 0.745. The molecule has 4 nitrogen and oxygen atoms in total. The van der Waals surface area contributed by atoms with E-state index in [2.05, 4.69) is 15.6 Å². The molecule has 0 spiro atoms. The van der Waals surface area contributed by atoms with Gasteiger partial charge in [-0.1, -0.05) is 48.5 Å². The SMILES string of the molecule is O=C(NCc1cccnc1)N[C@@H](c1ccccc1)c1cccc(F)c1. The summed E-state index contributed by atoms with van der Waals surface area (Å²) in [6, 6.07) is 18.6. The molecule has 0 unspecified atom stereocenters. The Bertz CT molecular complexity index is 825. The summed E-state index contributed by atoms with van der Waals surface area (Å²) in [4.78, 5) is 16.3. The molecule has 2 N–H and O–H groups in total. The molecule has 0 aliphatic carbocycles. The van der Waals surface area contributed by atoms with Crippen LogP contribution in [0.5, 0.6) is 0 Å². The second-order valence-corrected chi connectivity index (χ2v) is 5.59. The Hall–Kier alpha value is -3.21. The van der Waals surface area contributed by atoms with Gasteiger partial charge in [0.2, 0.25) is 0 Å². The van der Waals surface area contributed by atoms with E-state index >= 15 is 0 Å². The van der Waals surface area contributed by atoms with E-state index in [0.717, 1.165) is 11.1 Å². The number of amides is 2. The molecule has 0 aliphatic heterocycles. The molecule has 126 valence electrons. The molecule has 3 aromatic rings. The first-order valence-electron chi connectivity index (χ1n) is 7.96. The van der Waals surface area contributed by atoms with Gasteiger partial charge >= 0.3 is 6.03 Å². The van der Waals surface area contributed by atoms with Gasteiger partial charge in [0.1, 0.15) is 5.82 Å². The lowest BCUT2D eigenvalue weighted by atomic mass is 9.99. The second-order valence-electron chi connectivity index (χ2n) is 5.59. The molecule has 1 heterocycles. The maximum Gasteiger partial charge on any atom is 0.315 e. The van der Waals surface area contributed by atoms with Crippen molar-refractivity contribution in [1.82, 2.24) is 15.6 Å². The summed E-state index contributed by atoms with van der Waals surface area (Å²) < 4.78 is 13.6. The van der Waals surface area contributed by atoms with Crippen molar-refractivity contribution in [2.24, 2.45) is 0 Å². The number of carbonyl (C=O) groups excluding carboxylic acids is 1. The number of hydrogen-bond donors (Lipinski definition) is 2. The highest BCUT2D eigenvalue weighted by Crippen LogP contribution is 2.22. The van der Waals surface area contributed by atoms with Crippen LogP contribution in [0.25, 0.3) is 0 Å². The number of aromatic nitrogens is 1. The van der Waals surface area contributed by atoms with E-state index in [1.165, 1.54) is 12.1 Å². The highest BCUT2D eigenvalue weighted by molar-refractivity contribution is 5.75. The maximum atomic E-state index is 13.6. The van der Waals surface area contributed by atoms with Crippen LogP contribution in [0.2, 0.25) is 0 Å². The van der Waals surface area contributed by atoms with Gasteiger partial charge in [-0.3, -0.25) is 4.98 Å². The largest absolute Gasteiger partial charge is 0.334 e. The molecule has 0 bridgehead atoms. The van der Waals surface area contributed by atoms with Crippen LogP contribution in [0.3, 0.4) is 0 Å². The first-order chi connectivity index (χ1) is 12.2. The third kappa shape index (κ3) is 4.64. The fourth-order valence-electron chi connectivity index (χ4n) is 2.56. The first-order valence-corrected chi connectivity index (χ1v) is 7.96. The number of pyridine rings is 1. The zero-order chi connectivity index (χ0) is 17.5. The Kier molecular flexibility index (Phi) is 5.36. The Morgan fingerprint density at radius 3 is 2.52 bits per heavy atom. The molecule has 0 radical (unpaired) electrons. The summed E-state index contributed by atoms with van der Waals surface area (Å²) in [6.45, 7) is 0.365. The molecule has 25 heavy (non-hydrogen) atoms. The highest BCUT2D eigenvalue weighted by Gasteiger charge is 2.17. The molecule has 2 amide bonds. The van der Waals surface area contributed by atoms with Crippen molar-refractivity contribution in [2.45, 2.75) is 12.6 Å². The summed E-state index contributed by atoms with van der Waals surface area (Å²) >= 11 is 0. The molecule has 1 aromatic heterocycles. The monoisotopic (exact) mass is 335 g/mol. The number of benzene rings is 2. The average Bonchev–Trinajstić information content (AvgIpc) is 2.66. The van der Waals surface area contributed by atoms with Crippen LogP contribution < -0.4 is 10.6 Å². The van der Waals surface area contributed by atoms with E-state index in [9.17, 15) is 9.18 Å². The number of nitrogens with one attached hydrogen (secondary N) is 2. The van der Waals surface area contributed by atoms with E-state index in [-0.39, 0.29) is 11.8 Å². The molecule has 0 fully saturated rings. The minimum Gasteiger partial charge on any atom is -0.334 e. The van der Waals surface area contributed by atoms with E-state index in [0.29, 0.717) is 12.1 Å². The zero-order valence-electron chi connectivity index (χ0n) is 13.5. The second kappa shape index (κ2) is 8.06. The summed E-state index contributed by atoms with van der Waals surface area (Å²) in [7, 11) is 0. The van der Waals surface area contributed by atoms with Crippen molar-refractivity contribution < 1.29 is 9.18 Å². The van der Waals surface area contributed by atoms with Gasteiger partial charge in [-0.2, -0.15) is 0 Å². The normalized spacial score (nSPS) is 11.6. The molecule has 0 saturated heterocycles. The zero-order valence-corrected chi connectivity index (χ0v) is 13.5. The summed E-state index contributed by atoms with van der Waals surface area (Å²) in [6.07, 6.45) is 3.38. The Morgan fingerprint density at radius 1 is 1.00 bits per heavy atom. The van der Waals surface area contributed by atoms with Gasteiger partial charge in [0.15, 0.2) is 0 Å². The minimum atomic E-state index is -0.439. The van der Waals surface area contributed by atoms with E-state index in [4.69, 9.17) is 0 Å². The minimum absolute atomic E-state index is 0.332. The predicted octanol–water partition coefficient (Wildman–Crippen LogP) is 3.81. The summed E-state index contributed by atoms with van der Waals surface area (Å²) in [5.41, 5.74) is 2.46. The lowest BCUT2D eigenvalue weighted by Gasteiger charge is -2.20. The highest BCUT2D eigenvalue weighted by atomic mass is 19.1. The number of hydrogen-bond acceptors (Lipinski definition) is 2. The average molecular weight is 335 g/mol. The van der Waals surface area contributed by atoms with Crippen LogP contribution in [0.15, 0.2) is 79.1 Å². The maximum absolute atomic E-state index is 13.6. The Balaban J connectivity index is 1.75. The predicted molar refractivity (Wildman–Crippen MR) is 94.3 cm³/mol. The molecular weight excluding hydrogens is 317 g/mol. The number of urea groups is 1. The third-order valence-corrected chi connectivity index (χ3v) is 3.77. The van der Waals surface area contributed by atoms with Crippen molar-refractivity contribution in [1.29, 1.82) is 0 Å². The molecule has 3 rings (SSSR count). The Morgan fingerprint density at radius 2 is 1.80 bits per heavy atom. The van der Waals surface area contributed by atoms with Crippen LogP contribution in [0, 0.1) is 5.82 Å². The van der Waals surface area contributed by atoms with Gasteiger partial charge in [0, 0.05) is 18.9 Å². The number of halogens is 1. The fourth-order valence-corrected chi connectivity index (χ4v) is 2.56. The van der Waals surface area contributed by atoms with Crippen molar-refractivity contribution in [2.75, 3.05) is 0 Å². The van der Waals surface area contributed by atoms with E-state index in [1.54, 1.807) is 24.5 Å². The van der Waals surface area contributed by atoms with Crippen molar-refractivity contribution in [3.63, 3.8) is 0 Å². The van der Waals surface area contributed by atoms with Gasteiger partial charge in [-0.05, 0) is 34.9 Å². The topological polar surface area (TPSA) is 54.0 Å². The smallest absolute Gasteiger partial charge is 0.315 e. The van der Waals surface area contributed by atoms with Gasteiger partial charge in [-0.15, -0.1) is 0 Å². The molecule has 0 aliphatic rings. The van der Waals surface area contributed by atoms with Crippen LogP contribution in [-0.4, -0.2) is 11.0 Å². The number of carbonyl (C=O) groups is 1. The molecule has 5 heteroatoms. The first kappa shape index (κ1) is 16.6. The number of rotatable bonds is 5. The van der Waals surface area contributed by atoms with Gasteiger partial charge in [-0.25, -0.2) is 9.18 Å². The molecule has 2 aromatic carbocycles.